The van der Waals surface area contributed by atoms with Crippen LogP contribution >= 0.6 is 0 Å². The van der Waals surface area contributed by atoms with E-state index in [0.717, 1.165) is 25.7 Å². The molecule has 0 heterocycles. The summed E-state index contributed by atoms with van der Waals surface area (Å²) in [6, 6.07) is 19.9. The van der Waals surface area contributed by atoms with E-state index in [1.54, 1.807) is 171 Å². The zero-order valence-electron chi connectivity index (χ0n) is 33.7. The van der Waals surface area contributed by atoms with Gasteiger partial charge in [0.15, 0.2) is 0 Å². The van der Waals surface area contributed by atoms with Gasteiger partial charge in [-0.25, -0.2) is 0 Å². The highest BCUT2D eigenvalue weighted by atomic mass is 16.5. The number of allylic oxidation sites excluding steroid dienone is 8. The summed E-state index contributed by atoms with van der Waals surface area (Å²) in [4.78, 5) is 13.2. The number of ether oxygens (including phenoxy) is 1. The van der Waals surface area contributed by atoms with Crippen LogP contribution in [0.1, 0.15) is 104 Å². The van der Waals surface area contributed by atoms with Crippen molar-refractivity contribution >= 4 is 114 Å². The molecule has 0 bridgehead atoms. The van der Waals surface area contributed by atoms with E-state index >= 15 is 0 Å². The first-order valence-corrected chi connectivity index (χ1v) is 23.5. The Hall–Kier alpha value is -6.51. The van der Waals surface area contributed by atoms with Crippen LogP contribution < -0.4 is 0 Å². The molecule has 0 radical (unpaired) electrons. The summed E-state index contributed by atoms with van der Waals surface area (Å²) < 4.78 is 5.38. The number of carbonyl (C=O) groups is 1. The van der Waals surface area contributed by atoms with Crippen molar-refractivity contribution in [3.63, 3.8) is 0 Å². The molecular formula is C60H30O2. The van der Waals surface area contributed by atoms with E-state index < -0.39 is 0 Å². The van der Waals surface area contributed by atoms with E-state index in [-0.39, 0.29) is 28.1 Å². The minimum atomic E-state index is -0.233. The molecule has 11 aliphatic carbocycles. The molecule has 11 aliphatic rings. The Morgan fingerprint density at radius 3 is 2.27 bits per heavy atom. The fraction of sp³-hybridized carbons (Fsp3) is 0.217. The summed E-state index contributed by atoms with van der Waals surface area (Å²) in [5, 5.41) is 29.0. The molecule has 2 spiro atoms. The Labute approximate surface area is 352 Å². The van der Waals surface area contributed by atoms with Crippen LogP contribution in [0.5, 0.6) is 0 Å². The van der Waals surface area contributed by atoms with Crippen molar-refractivity contribution in [1.82, 2.24) is 0 Å². The first-order valence-electron chi connectivity index (χ1n) is 23.5. The maximum atomic E-state index is 13.2. The third-order valence-corrected chi connectivity index (χ3v) is 21.1. The summed E-state index contributed by atoms with van der Waals surface area (Å²) in [7, 11) is 1.56. The number of methoxy groups -OCH3 is 1. The highest BCUT2D eigenvalue weighted by molar-refractivity contribution is 6.60. The number of benzene rings is 9. The fourth-order valence-corrected chi connectivity index (χ4v) is 20.5. The molecule has 2 nitrogen and oxygen atoms in total. The lowest BCUT2D eigenvalue weighted by atomic mass is 9.66. The first kappa shape index (κ1) is 28.2. The van der Waals surface area contributed by atoms with E-state index in [2.05, 4.69) is 78.9 Å². The molecule has 62 heavy (non-hydrogen) atoms. The zero-order valence-corrected chi connectivity index (χ0v) is 33.7. The van der Waals surface area contributed by atoms with Crippen molar-refractivity contribution in [2.45, 2.75) is 66.1 Å². The molecule has 282 valence electrons. The maximum absolute atomic E-state index is 13.2. The largest absolute Gasteiger partial charge is 0.469 e. The molecule has 7 atom stereocenters. The summed E-state index contributed by atoms with van der Waals surface area (Å²) in [6.07, 6.45) is 17.8. The Kier molecular flexibility index (Phi) is 3.39. The number of hydrogen-bond donors (Lipinski definition) is 0. The molecule has 22 rings (SSSR count). The van der Waals surface area contributed by atoms with Crippen molar-refractivity contribution < 1.29 is 9.53 Å². The van der Waals surface area contributed by atoms with Gasteiger partial charge in [0.2, 0.25) is 0 Å². The number of hydrogen-bond acceptors (Lipinski definition) is 2. The van der Waals surface area contributed by atoms with Crippen LogP contribution in [0.25, 0.3) is 108 Å². The van der Waals surface area contributed by atoms with Gasteiger partial charge in [0.05, 0.1) is 7.11 Å². The summed E-state index contributed by atoms with van der Waals surface area (Å²) in [5.41, 5.74) is 23.6. The number of rotatable bonds is 5. The van der Waals surface area contributed by atoms with Gasteiger partial charge in [-0.2, -0.15) is 0 Å². The van der Waals surface area contributed by atoms with Gasteiger partial charge in [-0.3, -0.25) is 4.79 Å². The van der Waals surface area contributed by atoms with Crippen LogP contribution in [-0.4, -0.2) is 13.1 Å². The monoisotopic (exact) mass is 782 g/mol. The van der Waals surface area contributed by atoms with Crippen molar-refractivity contribution in [2.75, 3.05) is 7.11 Å². The second-order valence-corrected chi connectivity index (χ2v) is 21.9. The van der Waals surface area contributed by atoms with Crippen LogP contribution in [0.4, 0.5) is 0 Å². The summed E-state index contributed by atoms with van der Waals surface area (Å²) >= 11 is 0. The molecule has 0 N–H and O–H groups in total. The minimum Gasteiger partial charge on any atom is -0.469 e. The predicted octanol–water partition coefficient (Wildman–Crippen LogP) is 13.1. The molecule has 7 unspecified atom stereocenters. The first-order chi connectivity index (χ1) is 30.7. The van der Waals surface area contributed by atoms with Crippen molar-refractivity contribution in [3.05, 3.63) is 151 Å². The third kappa shape index (κ3) is 1.94. The van der Waals surface area contributed by atoms with E-state index in [1.807, 2.05) is 0 Å². The molecule has 1 fully saturated rings. The van der Waals surface area contributed by atoms with Gasteiger partial charge in [0, 0.05) is 40.4 Å². The van der Waals surface area contributed by atoms with Gasteiger partial charge in [-0.15, -0.1) is 0 Å². The third-order valence-electron chi connectivity index (χ3n) is 21.1. The Bertz CT molecular complexity index is 4550. The Balaban J connectivity index is 1.11. The van der Waals surface area contributed by atoms with E-state index in [1.165, 1.54) is 16.5 Å². The van der Waals surface area contributed by atoms with Crippen LogP contribution in [-0.2, 0) is 38.6 Å². The average Bonchev–Trinajstić information content (AvgIpc) is 4.05. The lowest BCUT2D eigenvalue weighted by molar-refractivity contribution is -0.140. The van der Waals surface area contributed by atoms with Gasteiger partial charge in [0.25, 0.3) is 0 Å². The summed E-state index contributed by atoms with van der Waals surface area (Å²) in [5.74, 6) is 1.36. The minimum absolute atomic E-state index is 0.0896. The average molecular weight is 783 g/mol. The Morgan fingerprint density at radius 2 is 1.40 bits per heavy atom. The van der Waals surface area contributed by atoms with Crippen molar-refractivity contribution in [2.24, 2.45) is 5.92 Å². The van der Waals surface area contributed by atoms with Gasteiger partial charge in [-0.1, -0.05) is 78.9 Å². The standard InChI is InChI=1S/C60H30O2/c1-62-32(61)8-5-13-58(25-6-3-2-4-7-25)59-30-11-12-31-29-19-24-17-21-15-22-14-20-16-23-18-28-26-9-10-27(30)40-38(26)46-39(28)44-35(23)33(20)42-37(22)43-34(21)36(24)45-41(29)57(60(31,58)59)55-53-50(45)48(43)47(42)49(44)51(53)52(46)54(55)56(40)59/h2-4,6-7,9-12,14-15,18-19,26,28,31,39H,5,8,13,16-17H2,1H3. The lowest BCUT2D eigenvalue weighted by Crippen LogP contribution is -2.30. The SMILES string of the molecule is COC(=O)CCCC1(c2ccccc2)C23C4=C5C=CC6c7c5c2c2c5c7C7c8c9c%10c(cc%11cc%12c%13c%14c(cc%15c%16c(c2c2c5c8c5c%10c%11c%13c5c2c%16%14)C13C%15C=C4)C%12)CC9=CC67. The second kappa shape index (κ2) is 7.47. The van der Waals surface area contributed by atoms with Crippen molar-refractivity contribution in [3.8, 4) is 0 Å². The maximum Gasteiger partial charge on any atom is 0.305 e. The smallest absolute Gasteiger partial charge is 0.305 e. The van der Waals surface area contributed by atoms with Crippen LogP contribution in [0, 0.1) is 5.92 Å². The van der Waals surface area contributed by atoms with E-state index in [9.17, 15) is 4.79 Å². The highest BCUT2D eigenvalue weighted by Crippen LogP contribution is 2.96. The fourth-order valence-electron chi connectivity index (χ4n) is 20.5. The van der Waals surface area contributed by atoms with Crippen LogP contribution in [0.2, 0.25) is 0 Å². The molecule has 0 aromatic heterocycles. The predicted molar refractivity (Wildman–Crippen MR) is 248 cm³/mol. The quantitative estimate of drug-likeness (QED) is 0.0987. The van der Waals surface area contributed by atoms with E-state index in [4.69, 9.17) is 4.74 Å². The number of esters is 1. The molecule has 0 saturated heterocycles. The molecule has 2 heteroatoms. The van der Waals surface area contributed by atoms with Crippen LogP contribution in [0.15, 0.2) is 84.5 Å². The molecule has 0 amide bonds. The molecular weight excluding hydrogens is 753 g/mol. The molecule has 0 aliphatic heterocycles. The zero-order chi connectivity index (χ0) is 38.9. The normalized spacial score (nSPS) is 30.9. The number of fused-ring (bicyclic) bond motifs is 2. The lowest BCUT2D eigenvalue weighted by Gasteiger charge is -2.35. The second-order valence-electron chi connectivity index (χ2n) is 21.9. The molecule has 1 saturated carbocycles. The molecule has 11 aromatic carbocycles. The summed E-state index contributed by atoms with van der Waals surface area (Å²) in [6.45, 7) is 0. The van der Waals surface area contributed by atoms with E-state index in [0.29, 0.717) is 24.2 Å². The number of carbonyl (C=O) groups excluding carboxylic acids is 1. The van der Waals surface area contributed by atoms with Gasteiger partial charge < -0.3 is 4.74 Å². The van der Waals surface area contributed by atoms with Crippen molar-refractivity contribution in [1.29, 1.82) is 0 Å². The van der Waals surface area contributed by atoms with Crippen LogP contribution in [0.3, 0.4) is 0 Å². The van der Waals surface area contributed by atoms with Gasteiger partial charge >= 0.3 is 5.97 Å². The van der Waals surface area contributed by atoms with Gasteiger partial charge in [-0.05, 0) is 212 Å². The van der Waals surface area contributed by atoms with Gasteiger partial charge in [0.1, 0.15) is 0 Å². The highest BCUT2D eigenvalue weighted by Gasteiger charge is 2.94. The molecule has 11 aromatic rings. The topological polar surface area (TPSA) is 26.3 Å². The Morgan fingerprint density at radius 1 is 0.677 bits per heavy atom.